The number of nitro benzene ring substituents is 1. The summed E-state index contributed by atoms with van der Waals surface area (Å²) in [5.74, 6) is -1.65. The summed E-state index contributed by atoms with van der Waals surface area (Å²) in [6, 6.07) is 9.45. The lowest BCUT2D eigenvalue weighted by Crippen LogP contribution is -2.30. The average molecular weight is 360 g/mol. The Morgan fingerprint density at radius 3 is 2.54 bits per heavy atom. The van der Waals surface area contributed by atoms with Gasteiger partial charge in [0.05, 0.1) is 17.7 Å². The van der Waals surface area contributed by atoms with Gasteiger partial charge in [-0.2, -0.15) is 0 Å². The topological polar surface area (TPSA) is 128 Å². The maximum atomic E-state index is 12.2. The number of ether oxygens (including phenoxy) is 2. The second kappa shape index (κ2) is 7.97. The number of phenols is 1. The van der Waals surface area contributed by atoms with Crippen LogP contribution in [-0.2, 0) is 9.53 Å². The van der Waals surface area contributed by atoms with Gasteiger partial charge in [-0.3, -0.25) is 14.9 Å². The zero-order chi connectivity index (χ0) is 19.3. The second-order valence-electron chi connectivity index (χ2n) is 5.20. The molecule has 0 bridgehead atoms. The third kappa shape index (κ3) is 4.26. The van der Waals surface area contributed by atoms with Gasteiger partial charge in [-0.05, 0) is 25.1 Å². The highest BCUT2D eigenvalue weighted by Gasteiger charge is 2.22. The summed E-state index contributed by atoms with van der Waals surface area (Å²) in [5, 5.41) is 22.9. The van der Waals surface area contributed by atoms with Crippen molar-refractivity contribution >= 4 is 23.3 Å². The van der Waals surface area contributed by atoms with E-state index in [1.54, 1.807) is 0 Å². The van der Waals surface area contributed by atoms with Gasteiger partial charge < -0.3 is 19.9 Å². The number of carbonyl (C=O) groups is 2. The number of non-ortho nitro benzene ring substituents is 1. The van der Waals surface area contributed by atoms with Gasteiger partial charge in [0, 0.05) is 12.1 Å². The first-order chi connectivity index (χ1) is 12.3. The molecule has 0 saturated carbocycles. The fraction of sp³-hybridized carbons (Fsp3) is 0.176. The molecule has 0 radical (unpaired) electrons. The predicted molar refractivity (Wildman–Crippen MR) is 91.3 cm³/mol. The number of rotatable bonds is 6. The lowest BCUT2D eigenvalue weighted by molar-refractivity contribution is -0.384. The number of nitro groups is 1. The van der Waals surface area contributed by atoms with Crippen LogP contribution in [0.25, 0.3) is 0 Å². The number of hydrogen-bond donors (Lipinski definition) is 2. The summed E-state index contributed by atoms with van der Waals surface area (Å²) in [4.78, 5) is 34.5. The van der Waals surface area contributed by atoms with Crippen molar-refractivity contribution in [3.05, 3.63) is 58.1 Å². The molecule has 0 unspecified atom stereocenters. The summed E-state index contributed by atoms with van der Waals surface area (Å²) in [7, 11) is 1.35. The van der Waals surface area contributed by atoms with Gasteiger partial charge in [0.15, 0.2) is 6.10 Å². The molecule has 0 spiro atoms. The largest absolute Gasteiger partial charge is 0.507 e. The van der Waals surface area contributed by atoms with Crippen molar-refractivity contribution in [1.29, 1.82) is 0 Å². The second-order valence-corrected chi connectivity index (χ2v) is 5.20. The normalized spacial score (nSPS) is 11.3. The lowest BCUT2D eigenvalue weighted by Gasteiger charge is -2.15. The first kappa shape index (κ1) is 18.7. The Hall–Kier alpha value is -3.62. The van der Waals surface area contributed by atoms with E-state index < -0.39 is 22.9 Å². The molecule has 0 heterocycles. The third-order valence-electron chi connectivity index (χ3n) is 3.43. The molecule has 0 aliphatic heterocycles. The molecule has 0 aliphatic carbocycles. The zero-order valence-electron chi connectivity index (χ0n) is 14.0. The van der Waals surface area contributed by atoms with E-state index in [2.05, 4.69) is 5.32 Å². The molecule has 0 aromatic heterocycles. The van der Waals surface area contributed by atoms with Crippen molar-refractivity contribution in [3.8, 4) is 11.5 Å². The van der Waals surface area contributed by atoms with Crippen molar-refractivity contribution in [2.24, 2.45) is 0 Å². The molecule has 2 aromatic rings. The van der Waals surface area contributed by atoms with Crippen LogP contribution in [0.4, 0.5) is 11.4 Å². The van der Waals surface area contributed by atoms with Crippen molar-refractivity contribution in [1.82, 2.24) is 0 Å². The summed E-state index contributed by atoms with van der Waals surface area (Å²) < 4.78 is 10.1. The highest BCUT2D eigenvalue weighted by Crippen LogP contribution is 2.29. The number of amides is 1. The minimum absolute atomic E-state index is 0.0668. The minimum atomic E-state index is -1.22. The third-order valence-corrected chi connectivity index (χ3v) is 3.43. The highest BCUT2D eigenvalue weighted by molar-refractivity contribution is 5.99. The Morgan fingerprint density at radius 2 is 1.92 bits per heavy atom. The van der Waals surface area contributed by atoms with E-state index in [-0.39, 0.29) is 28.4 Å². The molecular weight excluding hydrogens is 344 g/mol. The van der Waals surface area contributed by atoms with Crippen LogP contribution in [0, 0.1) is 10.1 Å². The van der Waals surface area contributed by atoms with Crippen molar-refractivity contribution in [3.63, 3.8) is 0 Å². The number of carbonyl (C=O) groups excluding carboxylic acids is 2. The van der Waals surface area contributed by atoms with Gasteiger partial charge in [0.25, 0.3) is 11.6 Å². The molecule has 1 atom stereocenters. The van der Waals surface area contributed by atoms with E-state index in [1.165, 1.54) is 50.4 Å². The number of methoxy groups -OCH3 is 1. The van der Waals surface area contributed by atoms with Crippen LogP contribution in [0.5, 0.6) is 11.5 Å². The Morgan fingerprint density at radius 1 is 1.23 bits per heavy atom. The van der Waals surface area contributed by atoms with E-state index in [4.69, 9.17) is 9.47 Å². The van der Waals surface area contributed by atoms with E-state index >= 15 is 0 Å². The maximum Gasteiger partial charge on any atom is 0.342 e. The number of nitrogens with zero attached hydrogens (tertiary/aromatic N) is 1. The Balaban J connectivity index is 2.12. The summed E-state index contributed by atoms with van der Waals surface area (Å²) in [6.45, 7) is 1.33. The number of nitrogens with one attached hydrogen (secondary N) is 1. The SMILES string of the molecule is COc1ccc([N+](=O)[O-])cc1NC(=O)[C@H](C)OC(=O)c1ccccc1O. The Kier molecular flexibility index (Phi) is 5.74. The number of benzene rings is 2. The predicted octanol–water partition coefficient (Wildman–Crippen LogP) is 2.49. The number of phenolic OH excluding ortho intramolecular Hbond substituents is 1. The number of esters is 1. The summed E-state index contributed by atoms with van der Waals surface area (Å²) in [6.07, 6.45) is -1.22. The molecule has 9 nitrogen and oxygen atoms in total. The number of aromatic hydroxyl groups is 1. The van der Waals surface area contributed by atoms with Crippen LogP contribution in [-0.4, -0.2) is 35.1 Å². The minimum Gasteiger partial charge on any atom is -0.507 e. The fourth-order valence-corrected chi connectivity index (χ4v) is 2.07. The molecule has 0 saturated heterocycles. The Bertz CT molecular complexity index is 851. The van der Waals surface area contributed by atoms with E-state index in [9.17, 15) is 24.8 Å². The quantitative estimate of drug-likeness (QED) is 0.460. The van der Waals surface area contributed by atoms with Gasteiger partial charge in [0.1, 0.15) is 17.1 Å². The standard InChI is InChI=1S/C17H16N2O7/c1-10(26-17(22)12-5-3-4-6-14(12)20)16(21)18-13-9-11(19(23)24)7-8-15(13)25-2/h3-10,20H,1-2H3,(H,18,21)/t10-/m0/s1. The van der Waals surface area contributed by atoms with E-state index in [1.807, 2.05) is 0 Å². The Labute approximate surface area is 148 Å². The summed E-state index contributed by atoms with van der Waals surface area (Å²) >= 11 is 0. The molecule has 2 N–H and O–H groups in total. The molecule has 136 valence electrons. The van der Waals surface area contributed by atoms with Gasteiger partial charge in [-0.25, -0.2) is 4.79 Å². The molecule has 0 fully saturated rings. The zero-order valence-corrected chi connectivity index (χ0v) is 14.0. The smallest absolute Gasteiger partial charge is 0.342 e. The molecule has 0 aliphatic rings. The number of para-hydroxylation sites is 1. The van der Waals surface area contributed by atoms with E-state index in [0.717, 1.165) is 6.07 Å². The fourth-order valence-electron chi connectivity index (χ4n) is 2.07. The van der Waals surface area contributed by atoms with Gasteiger partial charge in [0.2, 0.25) is 0 Å². The van der Waals surface area contributed by atoms with E-state index in [0.29, 0.717) is 0 Å². The first-order valence-electron chi connectivity index (χ1n) is 7.45. The first-order valence-corrected chi connectivity index (χ1v) is 7.45. The van der Waals surface area contributed by atoms with Crippen LogP contribution in [0.1, 0.15) is 17.3 Å². The molecule has 2 aromatic carbocycles. The summed E-state index contributed by atoms with van der Waals surface area (Å²) in [5.41, 5.74) is -0.253. The van der Waals surface area contributed by atoms with Crippen molar-refractivity contribution in [2.75, 3.05) is 12.4 Å². The molecule has 2 rings (SSSR count). The molecular formula is C17H16N2O7. The van der Waals surface area contributed by atoms with Crippen LogP contribution in [0.15, 0.2) is 42.5 Å². The van der Waals surface area contributed by atoms with Crippen LogP contribution in [0.2, 0.25) is 0 Å². The van der Waals surface area contributed by atoms with Gasteiger partial charge in [-0.1, -0.05) is 12.1 Å². The average Bonchev–Trinajstić information content (AvgIpc) is 2.61. The van der Waals surface area contributed by atoms with Gasteiger partial charge >= 0.3 is 5.97 Å². The highest BCUT2D eigenvalue weighted by atomic mass is 16.6. The molecule has 9 heteroatoms. The van der Waals surface area contributed by atoms with Crippen LogP contribution in [0.3, 0.4) is 0 Å². The number of anilines is 1. The molecule has 26 heavy (non-hydrogen) atoms. The van der Waals surface area contributed by atoms with Crippen LogP contribution < -0.4 is 10.1 Å². The molecule has 1 amide bonds. The van der Waals surface area contributed by atoms with Crippen molar-refractivity contribution in [2.45, 2.75) is 13.0 Å². The lowest BCUT2D eigenvalue weighted by atomic mass is 10.2. The number of hydrogen-bond acceptors (Lipinski definition) is 7. The maximum absolute atomic E-state index is 12.2. The van der Waals surface area contributed by atoms with Crippen LogP contribution >= 0.6 is 0 Å². The monoisotopic (exact) mass is 360 g/mol. The van der Waals surface area contributed by atoms with Gasteiger partial charge in [-0.15, -0.1) is 0 Å². The van der Waals surface area contributed by atoms with Crippen molar-refractivity contribution < 1.29 is 29.1 Å².